The Morgan fingerprint density at radius 1 is 1.45 bits per heavy atom. The van der Waals surface area contributed by atoms with Gasteiger partial charge in [0.15, 0.2) is 21.4 Å². The molecule has 1 aliphatic rings. The van der Waals surface area contributed by atoms with Crippen LogP contribution in [0.3, 0.4) is 0 Å². The molecule has 1 aromatic carbocycles. The van der Waals surface area contributed by atoms with Crippen molar-refractivity contribution in [3.8, 4) is 5.75 Å². The molecule has 2 rings (SSSR count). The largest absolute Gasteiger partial charge is 0.494 e. The fraction of sp³-hybridized carbons (Fsp3) is 0.462. The second-order valence-electron chi connectivity index (χ2n) is 4.82. The standard InChI is InChI=1S/C13H16FNO4S/c1-15(10-5-6-20(17,18)8-10)13(16)9-3-4-12(19-2)11(14)7-9/h3-4,7,10H,5-6,8H2,1-2H3/t10-/m1/s1. The number of sulfone groups is 1. The molecule has 1 aromatic rings. The van der Waals surface area contributed by atoms with Crippen molar-refractivity contribution in [1.82, 2.24) is 4.90 Å². The maximum Gasteiger partial charge on any atom is 0.253 e. The highest BCUT2D eigenvalue weighted by molar-refractivity contribution is 7.91. The Hall–Kier alpha value is -1.63. The maximum absolute atomic E-state index is 13.6. The number of hydrogen-bond donors (Lipinski definition) is 0. The lowest BCUT2D eigenvalue weighted by atomic mass is 10.1. The Morgan fingerprint density at radius 2 is 2.15 bits per heavy atom. The van der Waals surface area contributed by atoms with Crippen LogP contribution in [0.2, 0.25) is 0 Å². The summed E-state index contributed by atoms with van der Waals surface area (Å²) in [5, 5.41) is 0. The number of hydrogen-bond acceptors (Lipinski definition) is 4. The van der Waals surface area contributed by atoms with Crippen molar-refractivity contribution in [2.24, 2.45) is 0 Å². The van der Waals surface area contributed by atoms with E-state index in [2.05, 4.69) is 0 Å². The minimum Gasteiger partial charge on any atom is -0.494 e. The third-order valence-electron chi connectivity index (χ3n) is 3.48. The van der Waals surface area contributed by atoms with Crippen molar-refractivity contribution in [2.75, 3.05) is 25.7 Å². The van der Waals surface area contributed by atoms with E-state index in [1.807, 2.05) is 0 Å². The average molecular weight is 301 g/mol. The van der Waals surface area contributed by atoms with E-state index in [0.717, 1.165) is 6.07 Å². The third-order valence-corrected chi connectivity index (χ3v) is 5.23. The smallest absolute Gasteiger partial charge is 0.253 e. The maximum atomic E-state index is 13.6. The molecule has 1 saturated heterocycles. The minimum absolute atomic E-state index is 0.0339. The fourth-order valence-electron chi connectivity index (χ4n) is 2.25. The van der Waals surface area contributed by atoms with Gasteiger partial charge >= 0.3 is 0 Å². The first-order valence-corrected chi connectivity index (χ1v) is 7.97. The zero-order chi connectivity index (χ0) is 14.9. The van der Waals surface area contributed by atoms with Crippen molar-refractivity contribution in [1.29, 1.82) is 0 Å². The van der Waals surface area contributed by atoms with Gasteiger partial charge in [0.2, 0.25) is 0 Å². The monoisotopic (exact) mass is 301 g/mol. The van der Waals surface area contributed by atoms with Crippen molar-refractivity contribution < 1.29 is 22.3 Å². The fourth-order valence-corrected chi connectivity index (χ4v) is 4.02. The molecule has 20 heavy (non-hydrogen) atoms. The zero-order valence-corrected chi connectivity index (χ0v) is 12.1. The van der Waals surface area contributed by atoms with E-state index in [1.54, 1.807) is 0 Å². The molecule has 5 nitrogen and oxygen atoms in total. The number of ether oxygens (including phenoxy) is 1. The van der Waals surface area contributed by atoms with Crippen LogP contribution in [0.1, 0.15) is 16.8 Å². The van der Waals surface area contributed by atoms with Crippen LogP contribution in [-0.2, 0) is 9.84 Å². The molecule has 7 heteroatoms. The predicted octanol–water partition coefficient (Wildman–Crippen LogP) is 1.09. The number of nitrogens with zero attached hydrogens (tertiary/aromatic N) is 1. The van der Waals surface area contributed by atoms with Crippen molar-refractivity contribution in [2.45, 2.75) is 12.5 Å². The van der Waals surface area contributed by atoms with Gasteiger partial charge in [-0.3, -0.25) is 4.79 Å². The van der Waals surface area contributed by atoms with Gasteiger partial charge in [0.25, 0.3) is 5.91 Å². The summed E-state index contributed by atoms with van der Waals surface area (Å²) in [5.74, 6) is -0.896. The van der Waals surface area contributed by atoms with Crippen molar-refractivity contribution in [3.63, 3.8) is 0 Å². The highest BCUT2D eigenvalue weighted by Crippen LogP contribution is 2.21. The Kier molecular flexibility index (Phi) is 3.99. The molecular formula is C13H16FNO4S. The second-order valence-corrected chi connectivity index (χ2v) is 7.05. The normalized spacial score (nSPS) is 20.6. The lowest BCUT2D eigenvalue weighted by molar-refractivity contribution is 0.0747. The average Bonchev–Trinajstić information content (AvgIpc) is 2.77. The first-order valence-electron chi connectivity index (χ1n) is 6.15. The predicted molar refractivity (Wildman–Crippen MR) is 72.1 cm³/mol. The Labute approximate surface area is 117 Å². The van der Waals surface area contributed by atoms with Crippen molar-refractivity contribution in [3.05, 3.63) is 29.6 Å². The number of benzene rings is 1. The summed E-state index contributed by atoms with van der Waals surface area (Å²) < 4.78 is 41.2. The number of halogens is 1. The molecule has 110 valence electrons. The van der Waals surface area contributed by atoms with Crippen LogP contribution in [0.4, 0.5) is 4.39 Å². The molecule has 0 saturated carbocycles. The SMILES string of the molecule is COc1ccc(C(=O)N(C)[C@@H]2CCS(=O)(=O)C2)cc1F. The lowest BCUT2D eigenvalue weighted by Crippen LogP contribution is -2.37. The summed E-state index contributed by atoms with van der Waals surface area (Å²) in [7, 11) is -0.183. The van der Waals surface area contributed by atoms with E-state index >= 15 is 0 Å². The van der Waals surface area contributed by atoms with Gasteiger partial charge in [-0.2, -0.15) is 0 Å². The van der Waals surface area contributed by atoms with Crippen LogP contribution >= 0.6 is 0 Å². The number of carbonyl (C=O) groups is 1. The first-order chi connectivity index (χ1) is 9.34. The zero-order valence-electron chi connectivity index (χ0n) is 11.3. The first kappa shape index (κ1) is 14.8. The molecule has 0 radical (unpaired) electrons. The molecule has 1 heterocycles. The minimum atomic E-state index is -3.06. The van der Waals surface area contributed by atoms with E-state index in [1.165, 1.54) is 31.2 Å². The third kappa shape index (κ3) is 2.92. The summed E-state index contributed by atoms with van der Waals surface area (Å²) in [6.45, 7) is 0. The molecule has 1 fully saturated rings. The molecule has 1 amide bonds. The molecule has 1 atom stereocenters. The summed E-state index contributed by atoms with van der Waals surface area (Å²) >= 11 is 0. The topological polar surface area (TPSA) is 63.7 Å². The summed E-state index contributed by atoms with van der Waals surface area (Å²) in [6, 6.07) is 3.59. The van der Waals surface area contributed by atoms with E-state index < -0.39 is 21.6 Å². The van der Waals surface area contributed by atoms with E-state index in [0.29, 0.717) is 6.42 Å². The molecule has 0 spiro atoms. The Balaban J connectivity index is 2.17. The van der Waals surface area contributed by atoms with Gasteiger partial charge in [-0.05, 0) is 24.6 Å². The molecule has 0 unspecified atom stereocenters. The Bertz CT molecular complexity index is 629. The molecule has 0 N–H and O–H groups in total. The van der Waals surface area contributed by atoms with Crippen LogP contribution in [0.5, 0.6) is 5.75 Å². The summed E-state index contributed by atoms with van der Waals surface area (Å²) in [4.78, 5) is 13.6. The van der Waals surface area contributed by atoms with Crippen LogP contribution < -0.4 is 4.74 Å². The van der Waals surface area contributed by atoms with Gasteiger partial charge < -0.3 is 9.64 Å². The number of rotatable bonds is 3. The summed E-state index contributed by atoms with van der Waals surface area (Å²) in [5.41, 5.74) is 0.176. The van der Waals surface area contributed by atoms with E-state index in [4.69, 9.17) is 4.74 Å². The van der Waals surface area contributed by atoms with Gasteiger partial charge in [0, 0.05) is 18.7 Å². The van der Waals surface area contributed by atoms with Gasteiger partial charge in [-0.25, -0.2) is 12.8 Å². The number of carbonyl (C=O) groups excluding carboxylic acids is 1. The van der Waals surface area contributed by atoms with Gasteiger partial charge in [0.1, 0.15) is 0 Å². The molecule has 1 aliphatic heterocycles. The molecule has 0 aliphatic carbocycles. The van der Waals surface area contributed by atoms with E-state index in [9.17, 15) is 17.6 Å². The van der Waals surface area contributed by atoms with Gasteiger partial charge in [-0.1, -0.05) is 0 Å². The second kappa shape index (κ2) is 5.40. The van der Waals surface area contributed by atoms with Crippen LogP contribution in [0, 0.1) is 5.82 Å². The van der Waals surface area contributed by atoms with Gasteiger partial charge in [-0.15, -0.1) is 0 Å². The molecular weight excluding hydrogens is 285 g/mol. The van der Waals surface area contributed by atoms with Crippen LogP contribution in [0.25, 0.3) is 0 Å². The highest BCUT2D eigenvalue weighted by Gasteiger charge is 2.33. The van der Waals surface area contributed by atoms with Crippen LogP contribution in [-0.4, -0.2) is 50.9 Å². The van der Waals surface area contributed by atoms with E-state index in [-0.39, 0.29) is 28.9 Å². The quantitative estimate of drug-likeness (QED) is 0.838. The summed E-state index contributed by atoms with van der Waals surface area (Å²) in [6.07, 6.45) is 0.420. The van der Waals surface area contributed by atoms with Crippen LogP contribution in [0.15, 0.2) is 18.2 Å². The lowest BCUT2D eigenvalue weighted by Gasteiger charge is -2.23. The number of methoxy groups -OCH3 is 1. The highest BCUT2D eigenvalue weighted by atomic mass is 32.2. The number of amides is 1. The Morgan fingerprint density at radius 3 is 2.65 bits per heavy atom. The molecule has 0 aromatic heterocycles. The van der Waals surface area contributed by atoms with Gasteiger partial charge in [0.05, 0.1) is 18.6 Å². The molecule has 0 bridgehead atoms. The van der Waals surface area contributed by atoms with Crippen molar-refractivity contribution >= 4 is 15.7 Å².